The Bertz CT molecular complexity index is 569. The number of anilines is 1. The van der Waals surface area contributed by atoms with E-state index in [4.69, 9.17) is 5.73 Å². The normalized spacial score (nSPS) is 16.3. The first-order valence-corrected chi connectivity index (χ1v) is 7.78. The maximum Gasteiger partial charge on any atom is 0.0445 e. The van der Waals surface area contributed by atoms with Crippen LogP contribution >= 0.6 is 0 Å². The molecule has 1 aliphatic rings. The summed E-state index contributed by atoms with van der Waals surface area (Å²) in [5.74, 6) is 0.793. The summed E-state index contributed by atoms with van der Waals surface area (Å²) in [5.41, 5.74) is 7.59. The van der Waals surface area contributed by atoms with Crippen molar-refractivity contribution in [3.05, 3.63) is 42.5 Å². The third kappa shape index (κ3) is 2.80. The molecule has 2 N–H and O–H groups in total. The average Bonchev–Trinajstić information content (AvgIpc) is 3.32. The van der Waals surface area contributed by atoms with E-state index in [9.17, 15) is 0 Å². The van der Waals surface area contributed by atoms with Gasteiger partial charge in [0.15, 0.2) is 0 Å². The highest BCUT2D eigenvalue weighted by Crippen LogP contribution is 2.33. The number of rotatable bonds is 6. The molecule has 1 unspecified atom stereocenters. The second-order valence-electron chi connectivity index (χ2n) is 5.87. The number of nitrogens with zero attached hydrogens (tertiary/aromatic N) is 1. The summed E-state index contributed by atoms with van der Waals surface area (Å²) in [7, 11) is 0. The molecule has 3 rings (SSSR count). The Morgan fingerprint density at radius 3 is 2.65 bits per heavy atom. The number of hydrogen-bond donors (Lipinski definition) is 1. The van der Waals surface area contributed by atoms with Gasteiger partial charge in [0.25, 0.3) is 0 Å². The molecule has 1 saturated carbocycles. The maximum atomic E-state index is 6.25. The molecule has 2 aromatic carbocycles. The molecule has 1 aliphatic carbocycles. The van der Waals surface area contributed by atoms with Crippen molar-refractivity contribution in [1.29, 1.82) is 0 Å². The smallest absolute Gasteiger partial charge is 0.0445 e. The van der Waals surface area contributed by atoms with Crippen LogP contribution in [0.15, 0.2) is 42.5 Å². The second-order valence-corrected chi connectivity index (χ2v) is 5.87. The molecule has 2 aromatic rings. The van der Waals surface area contributed by atoms with E-state index in [1.807, 2.05) is 0 Å². The molecule has 0 amide bonds. The van der Waals surface area contributed by atoms with Crippen molar-refractivity contribution < 1.29 is 0 Å². The molecule has 0 heterocycles. The van der Waals surface area contributed by atoms with E-state index in [1.165, 1.54) is 29.3 Å². The molecule has 2 nitrogen and oxygen atoms in total. The van der Waals surface area contributed by atoms with Gasteiger partial charge in [-0.05, 0) is 43.6 Å². The Morgan fingerprint density at radius 2 is 1.90 bits per heavy atom. The van der Waals surface area contributed by atoms with Crippen molar-refractivity contribution in [3.63, 3.8) is 0 Å². The van der Waals surface area contributed by atoms with Crippen LogP contribution in [0.25, 0.3) is 10.8 Å². The van der Waals surface area contributed by atoms with Gasteiger partial charge in [-0.25, -0.2) is 0 Å². The largest absolute Gasteiger partial charge is 0.371 e. The summed E-state index contributed by atoms with van der Waals surface area (Å²) < 4.78 is 0. The number of hydrogen-bond acceptors (Lipinski definition) is 2. The van der Waals surface area contributed by atoms with Crippen LogP contribution in [0.3, 0.4) is 0 Å². The van der Waals surface area contributed by atoms with E-state index < -0.39 is 0 Å². The summed E-state index contributed by atoms with van der Waals surface area (Å²) in [4.78, 5) is 2.46. The van der Waals surface area contributed by atoms with Gasteiger partial charge in [-0.3, -0.25) is 0 Å². The van der Waals surface area contributed by atoms with Gasteiger partial charge >= 0.3 is 0 Å². The molecular formula is C18H24N2. The Labute approximate surface area is 121 Å². The lowest BCUT2D eigenvalue weighted by atomic mass is 10.1. The van der Waals surface area contributed by atoms with Gasteiger partial charge in [-0.2, -0.15) is 0 Å². The van der Waals surface area contributed by atoms with Crippen molar-refractivity contribution in [2.45, 2.75) is 32.2 Å². The molecular weight excluding hydrogens is 244 g/mol. The van der Waals surface area contributed by atoms with Crippen molar-refractivity contribution in [2.75, 3.05) is 18.0 Å². The highest BCUT2D eigenvalue weighted by Gasteiger charge is 2.28. The van der Waals surface area contributed by atoms with Gasteiger partial charge < -0.3 is 10.6 Å². The Kier molecular flexibility index (Phi) is 3.93. The van der Waals surface area contributed by atoms with E-state index >= 15 is 0 Å². The van der Waals surface area contributed by atoms with Gasteiger partial charge in [0.05, 0.1) is 0 Å². The molecule has 0 bridgehead atoms. The van der Waals surface area contributed by atoms with E-state index in [1.54, 1.807) is 0 Å². The van der Waals surface area contributed by atoms with Crippen molar-refractivity contribution >= 4 is 16.5 Å². The zero-order valence-corrected chi connectivity index (χ0v) is 12.3. The number of benzene rings is 2. The number of fused-ring (bicyclic) bond motifs is 1. The zero-order valence-electron chi connectivity index (χ0n) is 12.3. The van der Waals surface area contributed by atoms with Crippen LogP contribution in [0, 0.1) is 5.92 Å². The minimum absolute atomic E-state index is 0.388. The monoisotopic (exact) mass is 268 g/mol. The molecule has 0 radical (unpaired) electrons. The van der Waals surface area contributed by atoms with Crippen LogP contribution < -0.4 is 10.6 Å². The summed E-state index contributed by atoms with van der Waals surface area (Å²) in [6.45, 7) is 4.32. The average molecular weight is 268 g/mol. The van der Waals surface area contributed by atoms with Crippen molar-refractivity contribution in [1.82, 2.24) is 0 Å². The summed E-state index contributed by atoms with van der Waals surface area (Å²) in [5, 5.41) is 2.66. The molecule has 0 aromatic heterocycles. The van der Waals surface area contributed by atoms with Crippen LogP contribution in [-0.4, -0.2) is 19.1 Å². The molecule has 0 saturated heterocycles. The third-order valence-electron chi connectivity index (χ3n) is 4.45. The third-order valence-corrected chi connectivity index (χ3v) is 4.45. The quantitative estimate of drug-likeness (QED) is 0.863. The van der Waals surface area contributed by atoms with Gasteiger partial charge in [-0.15, -0.1) is 0 Å². The van der Waals surface area contributed by atoms with E-state index in [0.717, 1.165) is 25.4 Å². The first kappa shape index (κ1) is 13.4. The molecule has 0 aliphatic heterocycles. The van der Waals surface area contributed by atoms with E-state index in [2.05, 4.69) is 54.3 Å². The van der Waals surface area contributed by atoms with E-state index in [-0.39, 0.29) is 0 Å². The molecule has 0 spiro atoms. The predicted molar refractivity (Wildman–Crippen MR) is 87.2 cm³/mol. The highest BCUT2D eigenvalue weighted by atomic mass is 15.1. The van der Waals surface area contributed by atoms with Crippen LogP contribution in [-0.2, 0) is 0 Å². The molecule has 106 valence electrons. The standard InChI is InChI=1S/C18H24N2/c1-2-20(13-12-17(19)15-10-11-15)18-9-5-7-14-6-3-4-8-16(14)18/h3-9,15,17H,2,10-13,19H2,1H3. The topological polar surface area (TPSA) is 29.3 Å². The minimum atomic E-state index is 0.388. The van der Waals surface area contributed by atoms with Gasteiger partial charge in [-0.1, -0.05) is 36.4 Å². The molecule has 1 fully saturated rings. The lowest BCUT2D eigenvalue weighted by Gasteiger charge is -2.26. The minimum Gasteiger partial charge on any atom is -0.371 e. The SMILES string of the molecule is CCN(CCC(N)C1CC1)c1cccc2ccccc12. The van der Waals surface area contributed by atoms with E-state index in [0.29, 0.717) is 6.04 Å². The van der Waals surface area contributed by atoms with Crippen LogP contribution in [0.1, 0.15) is 26.2 Å². The molecule has 2 heteroatoms. The first-order valence-electron chi connectivity index (χ1n) is 7.78. The molecule has 20 heavy (non-hydrogen) atoms. The number of nitrogens with two attached hydrogens (primary N) is 1. The second kappa shape index (κ2) is 5.84. The van der Waals surface area contributed by atoms with Crippen molar-refractivity contribution in [3.8, 4) is 0 Å². The van der Waals surface area contributed by atoms with Crippen molar-refractivity contribution in [2.24, 2.45) is 11.7 Å². The summed E-state index contributed by atoms with van der Waals surface area (Å²) in [6.07, 6.45) is 3.77. The lowest BCUT2D eigenvalue weighted by molar-refractivity contribution is 0.545. The van der Waals surface area contributed by atoms with Gasteiger partial charge in [0.2, 0.25) is 0 Å². The van der Waals surface area contributed by atoms with Gasteiger partial charge in [0, 0.05) is 30.2 Å². The maximum absolute atomic E-state index is 6.25. The first-order chi connectivity index (χ1) is 9.79. The fourth-order valence-corrected chi connectivity index (χ4v) is 3.00. The Morgan fingerprint density at radius 1 is 1.15 bits per heavy atom. The fraction of sp³-hybridized carbons (Fsp3) is 0.444. The zero-order chi connectivity index (χ0) is 13.9. The van der Waals surface area contributed by atoms with Crippen LogP contribution in [0.4, 0.5) is 5.69 Å². The Balaban J connectivity index is 1.79. The Hall–Kier alpha value is -1.54. The summed E-state index contributed by atoms with van der Waals surface area (Å²) >= 11 is 0. The lowest BCUT2D eigenvalue weighted by Crippen LogP contribution is -2.31. The summed E-state index contributed by atoms with van der Waals surface area (Å²) in [6, 6.07) is 15.6. The van der Waals surface area contributed by atoms with Gasteiger partial charge in [0.1, 0.15) is 0 Å². The molecule has 1 atom stereocenters. The van der Waals surface area contributed by atoms with Crippen LogP contribution in [0.5, 0.6) is 0 Å². The fourth-order valence-electron chi connectivity index (χ4n) is 3.00. The van der Waals surface area contributed by atoms with Crippen LogP contribution in [0.2, 0.25) is 0 Å². The predicted octanol–water partition coefficient (Wildman–Crippen LogP) is 3.79. The highest BCUT2D eigenvalue weighted by molar-refractivity contribution is 5.94.